The van der Waals surface area contributed by atoms with Gasteiger partial charge in [0.05, 0.1) is 13.0 Å². The van der Waals surface area contributed by atoms with E-state index in [2.05, 4.69) is 5.32 Å². The summed E-state index contributed by atoms with van der Waals surface area (Å²) in [5, 5.41) is 39.5. The van der Waals surface area contributed by atoms with Crippen LogP contribution in [0.4, 0.5) is 0 Å². The Kier molecular flexibility index (Phi) is 6.30. The highest BCUT2D eigenvalue weighted by atomic mass is 16.7. The van der Waals surface area contributed by atoms with Gasteiger partial charge in [-0.15, -0.1) is 0 Å². The molecule has 0 aromatic carbocycles. The Labute approximate surface area is 115 Å². The molecule has 1 aliphatic rings. The Morgan fingerprint density at radius 2 is 1.90 bits per heavy atom. The number of amides is 1. The van der Waals surface area contributed by atoms with Gasteiger partial charge < -0.3 is 35.2 Å². The summed E-state index contributed by atoms with van der Waals surface area (Å²) in [5.74, 6) is -1.74. The van der Waals surface area contributed by atoms with Crippen molar-refractivity contribution in [3.8, 4) is 0 Å². The van der Waals surface area contributed by atoms with Gasteiger partial charge in [-0.25, -0.2) is 0 Å². The fourth-order valence-electron chi connectivity index (χ4n) is 1.92. The molecular formula is C11H19NO8. The maximum Gasteiger partial charge on any atom is 0.303 e. The molecule has 0 saturated carbocycles. The molecule has 1 aliphatic heterocycles. The number of aliphatic hydroxyl groups excluding tert-OH is 3. The van der Waals surface area contributed by atoms with E-state index in [-0.39, 0.29) is 12.8 Å². The molecule has 1 fully saturated rings. The van der Waals surface area contributed by atoms with Gasteiger partial charge in [0.15, 0.2) is 6.29 Å². The predicted molar refractivity (Wildman–Crippen MR) is 63.6 cm³/mol. The van der Waals surface area contributed by atoms with E-state index < -0.39 is 49.1 Å². The fourth-order valence-corrected chi connectivity index (χ4v) is 1.92. The van der Waals surface area contributed by atoms with Crippen molar-refractivity contribution in [1.29, 1.82) is 0 Å². The molecule has 9 nitrogen and oxygen atoms in total. The normalized spacial score (nSPS) is 33.7. The van der Waals surface area contributed by atoms with Crippen LogP contribution in [0.15, 0.2) is 0 Å². The molecule has 1 heterocycles. The first-order chi connectivity index (χ1) is 9.40. The van der Waals surface area contributed by atoms with Crippen LogP contribution in [0.2, 0.25) is 0 Å². The molecule has 0 aromatic rings. The quantitative estimate of drug-likeness (QED) is 0.359. The number of hydrogen-bond acceptors (Lipinski definition) is 7. The molecular weight excluding hydrogens is 274 g/mol. The molecule has 0 spiro atoms. The van der Waals surface area contributed by atoms with E-state index in [0.29, 0.717) is 0 Å². The number of rotatable bonds is 6. The number of carboxylic acid groups (broad SMARTS) is 1. The number of aliphatic hydroxyl groups is 3. The van der Waals surface area contributed by atoms with Crippen molar-refractivity contribution in [2.24, 2.45) is 0 Å². The van der Waals surface area contributed by atoms with E-state index in [1.54, 1.807) is 0 Å². The van der Waals surface area contributed by atoms with Crippen molar-refractivity contribution < 1.29 is 39.5 Å². The van der Waals surface area contributed by atoms with Crippen LogP contribution in [0.25, 0.3) is 0 Å². The number of carboxylic acids is 1. The van der Waals surface area contributed by atoms with Crippen molar-refractivity contribution in [3.05, 3.63) is 0 Å². The SMILES string of the molecule is CO[C@@H]1OC(CO)[C@H](O)[C@H](O)C1NC(=O)CCC(=O)O. The summed E-state index contributed by atoms with van der Waals surface area (Å²) >= 11 is 0. The third-order valence-corrected chi connectivity index (χ3v) is 3.01. The van der Waals surface area contributed by atoms with Gasteiger partial charge in [0, 0.05) is 13.5 Å². The number of hydrogen-bond donors (Lipinski definition) is 5. The minimum atomic E-state index is -1.40. The van der Waals surface area contributed by atoms with Crippen molar-refractivity contribution >= 4 is 11.9 Å². The minimum absolute atomic E-state index is 0.269. The summed E-state index contributed by atoms with van der Waals surface area (Å²) in [4.78, 5) is 21.9. The smallest absolute Gasteiger partial charge is 0.303 e. The van der Waals surface area contributed by atoms with Crippen molar-refractivity contribution in [2.45, 2.75) is 43.5 Å². The lowest BCUT2D eigenvalue weighted by Gasteiger charge is -2.41. The first-order valence-corrected chi connectivity index (χ1v) is 6.07. The highest BCUT2D eigenvalue weighted by Crippen LogP contribution is 2.21. The fraction of sp³-hybridized carbons (Fsp3) is 0.818. The van der Waals surface area contributed by atoms with E-state index in [1.807, 2.05) is 0 Å². The van der Waals surface area contributed by atoms with Crippen LogP contribution in [0.5, 0.6) is 0 Å². The third kappa shape index (κ3) is 4.12. The number of carbonyl (C=O) groups excluding carboxylic acids is 1. The minimum Gasteiger partial charge on any atom is -0.481 e. The van der Waals surface area contributed by atoms with Crippen LogP contribution in [-0.2, 0) is 19.1 Å². The standard InChI is InChI=1S/C11H19NO8/c1-19-11-8(12-6(14)2-3-7(15)16)10(18)9(17)5(4-13)20-11/h5,8-11,13,17-18H,2-4H2,1H3,(H,12,14)(H,15,16)/t5?,8?,9-,10+,11+/m0/s1. The topological polar surface area (TPSA) is 146 Å². The number of aliphatic carboxylic acids is 1. The average molecular weight is 293 g/mol. The second-order valence-electron chi connectivity index (χ2n) is 4.43. The molecule has 1 rings (SSSR count). The van der Waals surface area contributed by atoms with Gasteiger partial charge in [0.1, 0.15) is 24.4 Å². The largest absolute Gasteiger partial charge is 0.481 e. The Morgan fingerprint density at radius 3 is 2.40 bits per heavy atom. The highest BCUT2D eigenvalue weighted by molar-refractivity contribution is 5.80. The van der Waals surface area contributed by atoms with E-state index >= 15 is 0 Å². The third-order valence-electron chi connectivity index (χ3n) is 3.01. The van der Waals surface area contributed by atoms with Crippen molar-refractivity contribution in [1.82, 2.24) is 5.32 Å². The van der Waals surface area contributed by atoms with Crippen LogP contribution < -0.4 is 5.32 Å². The molecule has 0 aromatic heterocycles. The summed E-state index contributed by atoms with van der Waals surface area (Å²) in [7, 11) is 1.28. The molecule has 20 heavy (non-hydrogen) atoms. The molecule has 1 amide bonds. The second-order valence-corrected chi connectivity index (χ2v) is 4.43. The lowest BCUT2D eigenvalue weighted by molar-refractivity contribution is -0.262. The Morgan fingerprint density at radius 1 is 1.25 bits per heavy atom. The molecule has 2 unspecified atom stereocenters. The maximum atomic E-state index is 11.6. The zero-order valence-corrected chi connectivity index (χ0v) is 10.9. The van der Waals surface area contributed by atoms with Gasteiger partial charge in [-0.3, -0.25) is 9.59 Å². The number of nitrogens with one attached hydrogen (secondary N) is 1. The van der Waals surface area contributed by atoms with Gasteiger partial charge in [-0.1, -0.05) is 0 Å². The molecule has 5 atom stereocenters. The van der Waals surface area contributed by atoms with Crippen molar-refractivity contribution in [2.75, 3.05) is 13.7 Å². The molecule has 0 aliphatic carbocycles. The molecule has 0 bridgehead atoms. The summed E-state index contributed by atoms with van der Waals surface area (Å²) in [6.45, 7) is -0.516. The van der Waals surface area contributed by atoms with E-state index in [4.69, 9.17) is 19.7 Å². The average Bonchev–Trinajstić information content (AvgIpc) is 2.42. The Bertz CT molecular complexity index is 347. The first-order valence-electron chi connectivity index (χ1n) is 6.07. The van der Waals surface area contributed by atoms with E-state index in [0.717, 1.165) is 0 Å². The highest BCUT2D eigenvalue weighted by Gasteiger charge is 2.45. The van der Waals surface area contributed by atoms with Gasteiger partial charge >= 0.3 is 5.97 Å². The van der Waals surface area contributed by atoms with Gasteiger partial charge in [0.25, 0.3) is 0 Å². The zero-order chi connectivity index (χ0) is 15.3. The molecule has 0 radical (unpaired) electrons. The van der Waals surface area contributed by atoms with Crippen molar-refractivity contribution in [3.63, 3.8) is 0 Å². The summed E-state index contributed by atoms with van der Waals surface area (Å²) in [5.41, 5.74) is 0. The molecule has 116 valence electrons. The van der Waals surface area contributed by atoms with Gasteiger partial charge in [-0.2, -0.15) is 0 Å². The lowest BCUT2D eigenvalue weighted by atomic mass is 9.97. The predicted octanol–water partition coefficient (Wildman–Crippen LogP) is -2.58. The molecule has 5 N–H and O–H groups in total. The van der Waals surface area contributed by atoms with Crippen LogP contribution in [-0.4, -0.2) is 76.7 Å². The number of ether oxygens (including phenoxy) is 2. The molecule has 1 saturated heterocycles. The molecule has 9 heteroatoms. The van der Waals surface area contributed by atoms with Gasteiger partial charge in [-0.05, 0) is 0 Å². The van der Waals surface area contributed by atoms with Gasteiger partial charge in [0.2, 0.25) is 5.91 Å². The summed E-state index contributed by atoms with van der Waals surface area (Å²) in [6, 6.07) is -1.06. The van der Waals surface area contributed by atoms with Crippen LogP contribution in [0, 0.1) is 0 Å². The van der Waals surface area contributed by atoms with Crippen LogP contribution in [0.1, 0.15) is 12.8 Å². The summed E-state index contributed by atoms with van der Waals surface area (Å²) in [6.07, 6.45) is -5.50. The monoisotopic (exact) mass is 293 g/mol. The second kappa shape index (κ2) is 7.50. The van der Waals surface area contributed by atoms with Crippen LogP contribution >= 0.6 is 0 Å². The lowest BCUT2D eigenvalue weighted by Crippen LogP contribution is -2.64. The number of carbonyl (C=O) groups is 2. The van der Waals surface area contributed by atoms with Crippen LogP contribution in [0.3, 0.4) is 0 Å². The Balaban J connectivity index is 2.65. The summed E-state index contributed by atoms with van der Waals surface area (Å²) < 4.78 is 10.1. The number of methoxy groups -OCH3 is 1. The first kappa shape index (κ1) is 16.8. The Hall–Kier alpha value is -1.26. The van der Waals surface area contributed by atoms with E-state index in [9.17, 15) is 19.8 Å². The van der Waals surface area contributed by atoms with E-state index in [1.165, 1.54) is 7.11 Å². The maximum absolute atomic E-state index is 11.6. The zero-order valence-electron chi connectivity index (χ0n) is 10.9.